The van der Waals surface area contributed by atoms with Crippen molar-refractivity contribution in [1.82, 2.24) is 25.0 Å². The standard InChI is InChI=1S/C26H27ClN6O4S2/c1-3-34-22-24(38)36-20-12-35-23(15-7-5-4-6-8-15)37-21(20)26(22,17-9-16(27)10-29-14(17)2)33-11-18(31-32-33)19-13-39-25(28)30-19/h4-11,13,20-24,38H,3,12H2,1-2H3,(H2,28,30)/t20-,21+,22+,23?,24-,26?/m1/s1. The Morgan fingerprint density at radius 2 is 2.08 bits per heavy atom. The number of aromatic nitrogens is 5. The number of rotatable bonds is 6. The molecule has 3 aromatic heterocycles. The maximum atomic E-state index is 6.79. The molecule has 2 aliphatic rings. The Kier molecular flexibility index (Phi) is 7.35. The molecule has 10 nitrogen and oxygen atoms in total. The van der Waals surface area contributed by atoms with Gasteiger partial charge in [-0.3, -0.25) is 4.98 Å². The third kappa shape index (κ3) is 4.63. The number of hydrogen-bond donors (Lipinski definition) is 2. The van der Waals surface area contributed by atoms with Crippen LogP contribution in [0.2, 0.25) is 5.02 Å². The fourth-order valence-electron chi connectivity index (χ4n) is 5.40. The number of halogens is 1. The van der Waals surface area contributed by atoms with Gasteiger partial charge in [-0.25, -0.2) is 9.67 Å². The van der Waals surface area contributed by atoms with Crippen molar-refractivity contribution < 1.29 is 18.9 Å². The van der Waals surface area contributed by atoms with E-state index in [0.29, 0.717) is 28.1 Å². The smallest absolute Gasteiger partial charge is 0.184 e. The third-order valence-corrected chi connectivity index (χ3v) is 8.29. The summed E-state index contributed by atoms with van der Waals surface area (Å²) in [5, 5.41) is 11.8. The summed E-state index contributed by atoms with van der Waals surface area (Å²) in [6.07, 6.45) is 0.954. The van der Waals surface area contributed by atoms with E-state index in [0.717, 1.165) is 16.8 Å². The van der Waals surface area contributed by atoms with Gasteiger partial charge in [0.2, 0.25) is 0 Å². The van der Waals surface area contributed by atoms with Crippen LogP contribution in [0.5, 0.6) is 0 Å². The number of hydrogen-bond acceptors (Lipinski definition) is 11. The van der Waals surface area contributed by atoms with Crippen LogP contribution in [0.3, 0.4) is 0 Å². The van der Waals surface area contributed by atoms with E-state index in [1.807, 2.05) is 61.8 Å². The molecule has 0 radical (unpaired) electrons. The number of nitrogen functional groups attached to an aromatic ring is 1. The molecule has 39 heavy (non-hydrogen) atoms. The molecule has 0 spiro atoms. The molecule has 5 heterocycles. The number of thiazole rings is 1. The lowest BCUT2D eigenvalue weighted by Crippen LogP contribution is -2.70. The van der Waals surface area contributed by atoms with Gasteiger partial charge in [0, 0.05) is 35.0 Å². The summed E-state index contributed by atoms with van der Waals surface area (Å²) in [7, 11) is 0. The van der Waals surface area contributed by atoms with Gasteiger partial charge in [0.25, 0.3) is 0 Å². The second kappa shape index (κ2) is 10.8. The van der Waals surface area contributed by atoms with Gasteiger partial charge in [0.05, 0.1) is 17.8 Å². The van der Waals surface area contributed by atoms with Crippen LogP contribution in [-0.2, 0) is 24.5 Å². The molecule has 204 valence electrons. The largest absolute Gasteiger partial charge is 0.375 e. The first kappa shape index (κ1) is 26.6. The van der Waals surface area contributed by atoms with Crippen LogP contribution in [0.1, 0.15) is 30.0 Å². The Labute approximate surface area is 239 Å². The second-order valence-corrected chi connectivity index (χ2v) is 11.1. The van der Waals surface area contributed by atoms with Gasteiger partial charge in [0.1, 0.15) is 40.7 Å². The normalized spacial score (nSPS) is 28.8. The Morgan fingerprint density at radius 3 is 2.82 bits per heavy atom. The minimum Gasteiger partial charge on any atom is -0.375 e. The summed E-state index contributed by atoms with van der Waals surface area (Å²) in [6, 6.07) is 11.6. The van der Waals surface area contributed by atoms with E-state index in [-0.39, 0.29) is 6.61 Å². The summed E-state index contributed by atoms with van der Waals surface area (Å²) < 4.78 is 27.4. The molecule has 0 amide bonds. The molecule has 6 rings (SSSR count). The van der Waals surface area contributed by atoms with Gasteiger partial charge < -0.3 is 24.7 Å². The van der Waals surface area contributed by atoms with Crippen LogP contribution < -0.4 is 5.73 Å². The molecule has 6 atom stereocenters. The van der Waals surface area contributed by atoms with Crippen molar-refractivity contribution in [3.05, 3.63) is 76.0 Å². The number of nitrogens with zero attached hydrogens (tertiary/aromatic N) is 5. The van der Waals surface area contributed by atoms with Crippen molar-refractivity contribution in [2.75, 3.05) is 18.9 Å². The van der Waals surface area contributed by atoms with Gasteiger partial charge in [-0.2, -0.15) is 0 Å². The van der Waals surface area contributed by atoms with Crippen molar-refractivity contribution in [3.8, 4) is 11.4 Å². The van der Waals surface area contributed by atoms with Gasteiger partial charge >= 0.3 is 0 Å². The molecule has 2 unspecified atom stereocenters. The quantitative estimate of drug-likeness (QED) is 0.319. The molecule has 2 aliphatic heterocycles. The Hall–Kier alpha value is -2.58. The van der Waals surface area contributed by atoms with Gasteiger partial charge in [-0.1, -0.05) is 47.1 Å². The second-order valence-electron chi connectivity index (χ2n) is 9.30. The molecule has 2 N–H and O–H groups in total. The highest BCUT2D eigenvalue weighted by Gasteiger charge is 2.63. The third-order valence-electron chi connectivity index (χ3n) is 7.02. The van der Waals surface area contributed by atoms with E-state index in [1.54, 1.807) is 10.9 Å². The Balaban J connectivity index is 1.59. The summed E-state index contributed by atoms with van der Waals surface area (Å²) in [6.45, 7) is 4.49. The fourth-order valence-corrected chi connectivity index (χ4v) is 6.59. The summed E-state index contributed by atoms with van der Waals surface area (Å²) >= 11 is 12.7. The average molecular weight is 587 g/mol. The van der Waals surface area contributed by atoms with Gasteiger partial charge in [-0.15, -0.1) is 29.1 Å². The van der Waals surface area contributed by atoms with E-state index in [2.05, 4.69) is 20.3 Å². The lowest BCUT2D eigenvalue weighted by Gasteiger charge is -2.55. The number of anilines is 1. The molecule has 0 saturated carbocycles. The van der Waals surface area contributed by atoms with Gasteiger partial charge in [0.15, 0.2) is 11.4 Å². The van der Waals surface area contributed by atoms with Crippen LogP contribution in [0.25, 0.3) is 11.4 Å². The molecule has 4 aromatic rings. The zero-order valence-electron chi connectivity index (χ0n) is 21.2. The SMILES string of the molecule is CCO[C@H]1[C@@H](S)O[C@@H]2COC(c3ccccc3)O[C@@H]2C1(c1cc(Cl)cnc1C)n1cc(-c2csc(N)n2)nn1. The molecular weight excluding hydrogens is 560 g/mol. The van der Waals surface area contributed by atoms with Crippen molar-refractivity contribution in [2.45, 2.75) is 49.4 Å². The molecular formula is C26H27ClN6O4S2. The highest BCUT2D eigenvalue weighted by atomic mass is 35.5. The van der Waals surface area contributed by atoms with Crippen molar-refractivity contribution in [1.29, 1.82) is 0 Å². The maximum Gasteiger partial charge on any atom is 0.184 e. The Morgan fingerprint density at radius 1 is 1.26 bits per heavy atom. The van der Waals surface area contributed by atoms with E-state index in [4.69, 9.17) is 48.9 Å². The van der Waals surface area contributed by atoms with E-state index < -0.39 is 35.6 Å². The molecule has 0 aliphatic carbocycles. The number of ether oxygens (including phenoxy) is 4. The topological polar surface area (TPSA) is 119 Å². The lowest BCUT2D eigenvalue weighted by atomic mass is 9.74. The lowest BCUT2D eigenvalue weighted by molar-refractivity contribution is -0.325. The minimum absolute atomic E-state index is 0.263. The van der Waals surface area contributed by atoms with Crippen LogP contribution in [0.4, 0.5) is 5.13 Å². The minimum atomic E-state index is -1.14. The first-order valence-electron chi connectivity index (χ1n) is 12.5. The average Bonchev–Trinajstić information content (AvgIpc) is 3.61. The number of nitrogens with two attached hydrogens (primary N) is 1. The van der Waals surface area contributed by atoms with Crippen LogP contribution in [0.15, 0.2) is 54.2 Å². The van der Waals surface area contributed by atoms with Crippen LogP contribution in [-0.4, -0.2) is 61.9 Å². The highest BCUT2D eigenvalue weighted by Crippen LogP contribution is 2.49. The number of benzene rings is 1. The predicted molar refractivity (Wildman–Crippen MR) is 150 cm³/mol. The molecule has 13 heteroatoms. The monoisotopic (exact) mass is 586 g/mol. The van der Waals surface area contributed by atoms with Crippen molar-refractivity contribution in [3.63, 3.8) is 0 Å². The fraction of sp³-hybridized carbons (Fsp3) is 0.385. The number of thiol groups is 1. The molecule has 2 saturated heterocycles. The molecule has 2 fully saturated rings. The van der Waals surface area contributed by atoms with Crippen LogP contribution in [0, 0.1) is 6.92 Å². The molecule has 1 aromatic carbocycles. The maximum absolute atomic E-state index is 6.79. The Bertz CT molecular complexity index is 1460. The van der Waals surface area contributed by atoms with Crippen molar-refractivity contribution >= 4 is 40.7 Å². The van der Waals surface area contributed by atoms with Gasteiger partial charge in [-0.05, 0) is 19.9 Å². The van der Waals surface area contributed by atoms with E-state index >= 15 is 0 Å². The number of fused-ring (bicyclic) bond motifs is 1. The number of aryl methyl sites for hydroxylation is 1. The summed E-state index contributed by atoms with van der Waals surface area (Å²) in [5.41, 5.74) is 7.64. The summed E-state index contributed by atoms with van der Waals surface area (Å²) in [5.74, 6) is 0. The van der Waals surface area contributed by atoms with E-state index in [1.165, 1.54) is 11.3 Å². The highest BCUT2D eigenvalue weighted by molar-refractivity contribution is 7.80. The predicted octanol–water partition coefficient (Wildman–Crippen LogP) is 4.26. The van der Waals surface area contributed by atoms with Crippen LogP contribution >= 0.6 is 35.6 Å². The zero-order valence-corrected chi connectivity index (χ0v) is 23.6. The van der Waals surface area contributed by atoms with E-state index in [9.17, 15) is 0 Å². The zero-order chi connectivity index (χ0) is 27.1. The number of pyridine rings is 1. The first-order valence-corrected chi connectivity index (χ1v) is 14.2. The first-order chi connectivity index (χ1) is 18.9. The van der Waals surface area contributed by atoms with Crippen molar-refractivity contribution in [2.24, 2.45) is 0 Å². The summed E-state index contributed by atoms with van der Waals surface area (Å²) in [4.78, 5) is 8.99. The molecule has 0 bridgehead atoms.